The predicted octanol–water partition coefficient (Wildman–Crippen LogP) is 4.20. The van der Waals surface area contributed by atoms with Gasteiger partial charge in [0, 0.05) is 0 Å². The molecule has 1 aromatic carbocycles. The molecule has 4 nitrogen and oxygen atoms in total. The van der Waals surface area contributed by atoms with Gasteiger partial charge in [0.25, 0.3) is 0 Å². The molecule has 22 heavy (non-hydrogen) atoms. The SMILES string of the molecule is CSc1nnc(NC(=O)[C@@H](C)c2ccc(CC(C)C)cc2)s1. The largest absolute Gasteiger partial charge is 0.300 e. The number of nitrogens with zero attached hydrogens (tertiary/aromatic N) is 2. The van der Waals surface area contributed by atoms with E-state index in [2.05, 4.69) is 41.5 Å². The highest BCUT2D eigenvalue weighted by Crippen LogP contribution is 2.25. The molecule has 0 saturated carbocycles. The number of anilines is 1. The molecule has 0 aliphatic carbocycles. The highest BCUT2D eigenvalue weighted by molar-refractivity contribution is 8.00. The standard InChI is InChI=1S/C16H21N3OS2/c1-10(2)9-12-5-7-13(8-6-12)11(3)14(20)17-15-18-19-16(21-4)22-15/h5-8,10-11H,9H2,1-4H3,(H,17,18,20)/t11-/m0/s1. The van der Waals surface area contributed by atoms with Crippen molar-refractivity contribution in [1.82, 2.24) is 10.2 Å². The second kappa shape index (κ2) is 7.74. The number of hydrogen-bond donors (Lipinski definition) is 1. The number of thioether (sulfide) groups is 1. The summed E-state index contributed by atoms with van der Waals surface area (Å²) in [5.41, 5.74) is 2.32. The maximum Gasteiger partial charge on any atom is 0.233 e. The third-order valence-electron chi connectivity index (χ3n) is 3.33. The van der Waals surface area contributed by atoms with Crippen LogP contribution >= 0.6 is 23.1 Å². The number of carbonyl (C=O) groups is 1. The Morgan fingerprint density at radius 3 is 2.45 bits per heavy atom. The summed E-state index contributed by atoms with van der Waals surface area (Å²) < 4.78 is 0.848. The Morgan fingerprint density at radius 2 is 1.91 bits per heavy atom. The van der Waals surface area contributed by atoms with Crippen molar-refractivity contribution in [3.05, 3.63) is 35.4 Å². The number of rotatable bonds is 6. The third-order valence-corrected chi connectivity index (χ3v) is 5.14. The van der Waals surface area contributed by atoms with Crippen LogP contribution in [0.15, 0.2) is 28.6 Å². The summed E-state index contributed by atoms with van der Waals surface area (Å²) in [6.45, 7) is 6.31. The molecule has 0 radical (unpaired) electrons. The molecule has 1 aromatic heterocycles. The Morgan fingerprint density at radius 1 is 1.23 bits per heavy atom. The van der Waals surface area contributed by atoms with Gasteiger partial charge in [0.05, 0.1) is 5.92 Å². The summed E-state index contributed by atoms with van der Waals surface area (Å²) in [7, 11) is 0. The monoisotopic (exact) mass is 335 g/mol. The fourth-order valence-corrected chi connectivity index (χ4v) is 3.29. The molecule has 1 heterocycles. The van der Waals surface area contributed by atoms with E-state index in [0.29, 0.717) is 11.0 Å². The zero-order chi connectivity index (χ0) is 16.1. The first-order valence-electron chi connectivity index (χ1n) is 7.26. The minimum absolute atomic E-state index is 0.0552. The highest BCUT2D eigenvalue weighted by atomic mass is 32.2. The number of benzene rings is 1. The first kappa shape index (κ1) is 17.0. The van der Waals surface area contributed by atoms with Crippen LogP contribution < -0.4 is 5.32 Å². The number of aromatic nitrogens is 2. The third kappa shape index (κ3) is 4.55. The average Bonchev–Trinajstić information content (AvgIpc) is 2.94. The van der Waals surface area contributed by atoms with E-state index in [1.54, 1.807) is 0 Å². The van der Waals surface area contributed by atoms with Crippen molar-refractivity contribution in [2.75, 3.05) is 11.6 Å². The van der Waals surface area contributed by atoms with E-state index in [9.17, 15) is 4.79 Å². The van der Waals surface area contributed by atoms with Crippen LogP contribution in [0.5, 0.6) is 0 Å². The van der Waals surface area contributed by atoms with Crippen molar-refractivity contribution < 1.29 is 4.79 Å². The molecular weight excluding hydrogens is 314 g/mol. The van der Waals surface area contributed by atoms with Crippen LogP contribution in [0.25, 0.3) is 0 Å². The molecule has 1 atom stereocenters. The van der Waals surface area contributed by atoms with Crippen LogP contribution in [0.1, 0.15) is 37.8 Å². The Labute approximate surface area is 139 Å². The molecule has 0 bridgehead atoms. The van der Waals surface area contributed by atoms with Crippen molar-refractivity contribution in [2.45, 2.75) is 37.4 Å². The molecular formula is C16H21N3OS2. The van der Waals surface area contributed by atoms with E-state index >= 15 is 0 Å². The molecule has 2 aromatic rings. The summed E-state index contributed by atoms with van der Waals surface area (Å²) >= 11 is 2.91. The van der Waals surface area contributed by atoms with E-state index in [-0.39, 0.29) is 11.8 Å². The van der Waals surface area contributed by atoms with Crippen LogP contribution in [0.3, 0.4) is 0 Å². The van der Waals surface area contributed by atoms with Crippen LogP contribution in [-0.4, -0.2) is 22.4 Å². The summed E-state index contributed by atoms with van der Waals surface area (Å²) in [6.07, 6.45) is 3.00. The summed E-state index contributed by atoms with van der Waals surface area (Å²) in [5, 5.41) is 11.3. The average molecular weight is 335 g/mol. The zero-order valence-corrected chi connectivity index (χ0v) is 14.9. The van der Waals surface area contributed by atoms with Crippen LogP contribution in [0.4, 0.5) is 5.13 Å². The summed E-state index contributed by atoms with van der Waals surface area (Å²) in [4.78, 5) is 12.3. The van der Waals surface area contributed by atoms with Gasteiger partial charge in [-0.3, -0.25) is 10.1 Å². The van der Waals surface area contributed by atoms with Crippen LogP contribution in [0, 0.1) is 5.92 Å². The lowest BCUT2D eigenvalue weighted by Crippen LogP contribution is -2.18. The molecule has 0 spiro atoms. The summed E-state index contributed by atoms with van der Waals surface area (Å²) in [5.74, 6) is 0.366. The smallest absolute Gasteiger partial charge is 0.233 e. The molecule has 6 heteroatoms. The van der Waals surface area contributed by atoms with Gasteiger partial charge < -0.3 is 0 Å². The molecule has 0 unspecified atom stereocenters. The second-order valence-corrected chi connectivity index (χ2v) is 7.66. The fourth-order valence-electron chi connectivity index (χ4n) is 2.12. The van der Waals surface area contributed by atoms with Gasteiger partial charge in [-0.2, -0.15) is 0 Å². The quantitative estimate of drug-likeness (QED) is 0.635. The molecule has 0 aliphatic heterocycles. The van der Waals surface area contributed by atoms with Gasteiger partial charge >= 0.3 is 0 Å². The lowest BCUT2D eigenvalue weighted by atomic mass is 9.96. The van der Waals surface area contributed by atoms with Gasteiger partial charge in [0.1, 0.15) is 0 Å². The number of nitrogens with one attached hydrogen (secondary N) is 1. The first-order valence-corrected chi connectivity index (χ1v) is 9.31. The lowest BCUT2D eigenvalue weighted by Gasteiger charge is -2.12. The topological polar surface area (TPSA) is 54.9 Å². The van der Waals surface area contributed by atoms with Crippen molar-refractivity contribution >= 4 is 34.1 Å². The van der Waals surface area contributed by atoms with Gasteiger partial charge in [-0.15, -0.1) is 10.2 Å². The van der Waals surface area contributed by atoms with E-state index in [4.69, 9.17) is 0 Å². The molecule has 0 aliphatic rings. The molecule has 0 saturated heterocycles. The number of amides is 1. The zero-order valence-electron chi connectivity index (χ0n) is 13.3. The molecule has 2 rings (SSSR count). The Kier molecular flexibility index (Phi) is 5.97. The Hall–Kier alpha value is -1.40. The van der Waals surface area contributed by atoms with Gasteiger partial charge in [0.2, 0.25) is 11.0 Å². The molecule has 0 fully saturated rings. The fraction of sp³-hybridized carbons (Fsp3) is 0.438. The molecule has 1 N–H and O–H groups in total. The van der Waals surface area contributed by atoms with Crippen molar-refractivity contribution in [3.8, 4) is 0 Å². The minimum Gasteiger partial charge on any atom is -0.300 e. The molecule has 118 valence electrons. The van der Waals surface area contributed by atoms with Crippen LogP contribution in [-0.2, 0) is 11.2 Å². The molecule has 1 amide bonds. The second-order valence-electron chi connectivity index (χ2n) is 5.63. The minimum atomic E-state index is -0.213. The Bertz CT molecular complexity index is 623. The van der Waals surface area contributed by atoms with Crippen molar-refractivity contribution in [1.29, 1.82) is 0 Å². The van der Waals surface area contributed by atoms with Crippen LogP contribution in [0.2, 0.25) is 0 Å². The maximum absolute atomic E-state index is 12.3. The number of hydrogen-bond acceptors (Lipinski definition) is 5. The van der Waals surface area contributed by atoms with E-state index in [1.807, 2.05) is 25.3 Å². The van der Waals surface area contributed by atoms with Gasteiger partial charge in [-0.1, -0.05) is 61.2 Å². The van der Waals surface area contributed by atoms with Crippen molar-refractivity contribution in [2.24, 2.45) is 5.92 Å². The van der Waals surface area contributed by atoms with Gasteiger partial charge in [-0.25, -0.2) is 0 Å². The highest BCUT2D eigenvalue weighted by Gasteiger charge is 2.17. The Balaban J connectivity index is 2.00. The van der Waals surface area contributed by atoms with E-state index in [1.165, 1.54) is 28.7 Å². The summed E-state index contributed by atoms with van der Waals surface area (Å²) in [6, 6.07) is 8.29. The number of carbonyl (C=O) groups excluding carboxylic acids is 1. The van der Waals surface area contributed by atoms with E-state index < -0.39 is 0 Å². The maximum atomic E-state index is 12.3. The van der Waals surface area contributed by atoms with Gasteiger partial charge in [-0.05, 0) is 36.6 Å². The normalized spacial score (nSPS) is 12.4. The van der Waals surface area contributed by atoms with Crippen molar-refractivity contribution in [3.63, 3.8) is 0 Å². The van der Waals surface area contributed by atoms with E-state index in [0.717, 1.165) is 16.3 Å². The van der Waals surface area contributed by atoms with Gasteiger partial charge in [0.15, 0.2) is 4.34 Å². The predicted molar refractivity (Wildman–Crippen MR) is 93.7 cm³/mol. The lowest BCUT2D eigenvalue weighted by molar-refractivity contribution is -0.117. The first-order chi connectivity index (χ1) is 10.5.